The molecule has 0 bridgehead atoms. The minimum absolute atomic E-state index is 0.129. The summed E-state index contributed by atoms with van der Waals surface area (Å²) in [5, 5.41) is 19.2. The largest absolute Gasteiger partial charge is 0.457 e. The molecule has 2 aromatic rings. The van der Waals surface area contributed by atoms with Crippen LogP contribution in [0.1, 0.15) is 24.0 Å². The Bertz CT molecular complexity index is 1190. The van der Waals surface area contributed by atoms with Gasteiger partial charge in [0.1, 0.15) is 24.0 Å². The number of anilines is 1. The van der Waals surface area contributed by atoms with Crippen molar-refractivity contribution >= 4 is 17.5 Å². The molecule has 3 heterocycles. The molecule has 0 radical (unpaired) electrons. The Kier molecular flexibility index (Phi) is 3.63. The molecule has 1 aromatic heterocycles. The summed E-state index contributed by atoms with van der Waals surface area (Å²) in [5.41, 5.74) is 3.41. The summed E-state index contributed by atoms with van der Waals surface area (Å²) in [6.07, 6.45) is 0. The van der Waals surface area contributed by atoms with Gasteiger partial charge in [-0.25, -0.2) is 4.90 Å². The Morgan fingerprint density at radius 2 is 2.07 bits per heavy atom. The fourth-order valence-electron chi connectivity index (χ4n) is 3.70. The molecular formula is C19H13N3O6. The topological polar surface area (TPSA) is 147 Å². The number of aliphatic hydroxyl groups excluding tert-OH is 1. The average molecular weight is 379 g/mol. The van der Waals surface area contributed by atoms with Crippen molar-refractivity contribution in [1.82, 2.24) is 0 Å². The fourth-order valence-corrected chi connectivity index (χ4v) is 3.70. The molecule has 2 aliphatic heterocycles. The van der Waals surface area contributed by atoms with E-state index in [0.29, 0.717) is 0 Å². The predicted octanol–water partition coefficient (Wildman–Crippen LogP) is 0.398. The molecule has 2 aliphatic rings. The van der Waals surface area contributed by atoms with Crippen LogP contribution in [0.2, 0.25) is 0 Å². The lowest BCUT2D eigenvalue weighted by Gasteiger charge is -2.32. The monoisotopic (exact) mass is 379 g/mol. The van der Waals surface area contributed by atoms with E-state index in [1.807, 2.05) is 6.07 Å². The Hall–Kier alpha value is -3.90. The molecular weight excluding hydrogens is 366 g/mol. The van der Waals surface area contributed by atoms with Crippen molar-refractivity contribution in [1.29, 1.82) is 5.26 Å². The van der Waals surface area contributed by atoms with Crippen LogP contribution in [0.3, 0.4) is 0 Å². The average Bonchev–Trinajstić information content (AvgIpc) is 2.92. The molecule has 1 aromatic carbocycles. The number of nitrogens with two attached hydrogens (primary N) is 1. The molecule has 140 valence electrons. The smallest absolute Gasteiger partial charge is 0.257 e. The van der Waals surface area contributed by atoms with Crippen LogP contribution < -0.4 is 20.8 Å². The van der Waals surface area contributed by atoms with Crippen LogP contribution in [0.25, 0.3) is 0 Å². The van der Waals surface area contributed by atoms with Gasteiger partial charge in [-0.3, -0.25) is 14.4 Å². The number of imide groups is 1. The standard InChI is InChI=1S/C19H13N3O6/c1-9(24)22-13-5-3-2-4-11(13)19(18(22)26)12(7-20)17(21)28-15-14(25)6-10(8-23)27-16(15)19/h2-6,23H,8,21H2,1H3. The van der Waals surface area contributed by atoms with Gasteiger partial charge in [0.2, 0.25) is 23.0 Å². The Labute approximate surface area is 157 Å². The number of rotatable bonds is 1. The van der Waals surface area contributed by atoms with Gasteiger partial charge in [-0.1, -0.05) is 18.2 Å². The zero-order valence-electron chi connectivity index (χ0n) is 14.6. The fraction of sp³-hybridized carbons (Fsp3) is 0.158. The first-order valence-electron chi connectivity index (χ1n) is 8.19. The van der Waals surface area contributed by atoms with Crippen molar-refractivity contribution in [3.8, 4) is 11.8 Å². The van der Waals surface area contributed by atoms with Crippen molar-refractivity contribution in [2.24, 2.45) is 5.73 Å². The molecule has 1 unspecified atom stereocenters. The molecule has 1 spiro atoms. The maximum Gasteiger partial charge on any atom is 0.257 e. The third kappa shape index (κ3) is 1.95. The summed E-state index contributed by atoms with van der Waals surface area (Å²) in [4.78, 5) is 39.2. The van der Waals surface area contributed by atoms with E-state index < -0.39 is 35.1 Å². The molecule has 0 saturated heterocycles. The van der Waals surface area contributed by atoms with Gasteiger partial charge in [0.15, 0.2) is 11.2 Å². The quantitative estimate of drug-likeness (QED) is 0.723. The lowest BCUT2D eigenvalue weighted by molar-refractivity contribution is -0.127. The first-order chi connectivity index (χ1) is 13.4. The Balaban J connectivity index is 2.22. The van der Waals surface area contributed by atoms with Gasteiger partial charge >= 0.3 is 0 Å². The first kappa shape index (κ1) is 17.5. The highest BCUT2D eigenvalue weighted by Crippen LogP contribution is 2.54. The minimum Gasteiger partial charge on any atom is -0.457 e. The lowest BCUT2D eigenvalue weighted by atomic mass is 9.72. The summed E-state index contributed by atoms with van der Waals surface area (Å²) in [6.45, 7) is 0.583. The summed E-state index contributed by atoms with van der Waals surface area (Å²) in [6, 6.07) is 9.19. The van der Waals surface area contributed by atoms with Crippen molar-refractivity contribution < 1.29 is 23.8 Å². The van der Waals surface area contributed by atoms with Crippen LogP contribution in [-0.2, 0) is 21.6 Å². The summed E-state index contributed by atoms with van der Waals surface area (Å²) >= 11 is 0. The number of ether oxygens (including phenoxy) is 1. The van der Waals surface area contributed by atoms with Crippen LogP contribution in [0.15, 0.2) is 51.0 Å². The molecule has 28 heavy (non-hydrogen) atoms. The second-order valence-corrected chi connectivity index (χ2v) is 6.27. The molecule has 0 saturated carbocycles. The van der Waals surface area contributed by atoms with Crippen molar-refractivity contribution in [2.45, 2.75) is 18.9 Å². The van der Waals surface area contributed by atoms with E-state index in [0.717, 1.165) is 11.0 Å². The highest BCUT2D eigenvalue weighted by Gasteiger charge is 2.62. The van der Waals surface area contributed by atoms with Crippen molar-refractivity contribution in [3.05, 3.63) is 69.1 Å². The zero-order chi connectivity index (χ0) is 20.2. The number of para-hydroxylation sites is 1. The van der Waals surface area contributed by atoms with E-state index >= 15 is 0 Å². The van der Waals surface area contributed by atoms with E-state index in [-0.39, 0.29) is 34.1 Å². The van der Waals surface area contributed by atoms with Crippen LogP contribution in [0.5, 0.6) is 5.75 Å². The van der Waals surface area contributed by atoms with Gasteiger partial charge in [-0.15, -0.1) is 0 Å². The summed E-state index contributed by atoms with van der Waals surface area (Å²) < 4.78 is 10.9. The summed E-state index contributed by atoms with van der Waals surface area (Å²) in [5.74, 6) is -2.63. The number of hydrogen-bond acceptors (Lipinski definition) is 8. The number of hydrogen-bond donors (Lipinski definition) is 2. The molecule has 2 amide bonds. The van der Waals surface area contributed by atoms with Gasteiger partial charge in [-0.05, 0) is 6.07 Å². The zero-order valence-corrected chi connectivity index (χ0v) is 14.6. The van der Waals surface area contributed by atoms with Gasteiger partial charge < -0.3 is 20.0 Å². The van der Waals surface area contributed by atoms with Gasteiger partial charge in [-0.2, -0.15) is 5.26 Å². The molecule has 0 aliphatic carbocycles. The van der Waals surface area contributed by atoms with E-state index in [4.69, 9.17) is 14.9 Å². The molecule has 0 fully saturated rings. The van der Waals surface area contributed by atoms with Crippen LogP contribution in [-0.4, -0.2) is 16.9 Å². The predicted molar refractivity (Wildman–Crippen MR) is 93.7 cm³/mol. The SMILES string of the molecule is CC(=O)N1C(=O)C2(C(C#N)=C(N)Oc3c2oc(CO)cc3=O)c2ccccc21. The highest BCUT2D eigenvalue weighted by molar-refractivity contribution is 6.25. The van der Waals surface area contributed by atoms with E-state index in [1.165, 1.54) is 13.0 Å². The first-order valence-corrected chi connectivity index (χ1v) is 8.19. The number of carbonyl (C=O) groups is 2. The second kappa shape index (κ2) is 5.80. The third-order valence-corrected chi connectivity index (χ3v) is 4.78. The van der Waals surface area contributed by atoms with E-state index in [2.05, 4.69) is 0 Å². The molecule has 1 atom stereocenters. The lowest BCUT2D eigenvalue weighted by Crippen LogP contribution is -2.48. The number of benzene rings is 1. The maximum atomic E-state index is 13.6. The maximum absolute atomic E-state index is 13.6. The van der Waals surface area contributed by atoms with Crippen LogP contribution in [0, 0.1) is 11.3 Å². The van der Waals surface area contributed by atoms with Crippen molar-refractivity contribution in [3.63, 3.8) is 0 Å². The number of fused-ring (bicyclic) bond motifs is 4. The molecule has 3 N–H and O–H groups in total. The Morgan fingerprint density at radius 1 is 1.36 bits per heavy atom. The van der Waals surface area contributed by atoms with Gasteiger partial charge in [0.25, 0.3) is 5.91 Å². The van der Waals surface area contributed by atoms with Crippen LogP contribution in [0.4, 0.5) is 5.69 Å². The normalized spacial score (nSPS) is 19.9. The van der Waals surface area contributed by atoms with E-state index in [9.17, 15) is 24.8 Å². The number of nitrogens with zero attached hydrogens (tertiary/aromatic N) is 2. The third-order valence-electron chi connectivity index (χ3n) is 4.78. The number of carbonyl (C=O) groups excluding carboxylic acids is 2. The van der Waals surface area contributed by atoms with Crippen molar-refractivity contribution in [2.75, 3.05) is 4.90 Å². The molecule has 4 rings (SSSR count). The van der Waals surface area contributed by atoms with Gasteiger partial charge in [0.05, 0.1) is 5.69 Å². The van der Waals surface area contributed by atoms with E-state index in [1.54, 1.807) is 18.2 Å². The molecule has 9 heteroatoms. The summed E-state index contributed by atoms with van der Waals surface area (Å²) in [7, 11) is 0. The van der Waals surface area contributed by atoms with Gasteiger partial charge in [0, 0.05) is 18.6 Å². The highest BCUT2D eigenvalue weighted by atomic mass is 16.5. The van der Waals surface area contributed by atoms with Crippen LogP contribution >= 0.6 is 0 Å². The number of aliphatic hydroxyl groups is 1. The number of amides is 2. The molecule has 9 nitrogen and oxygen atoms in total. The number of nitriles is 1. The second-order valence-electron chi connectivity index (χ2n) is 6.27. The minimum atomic E-state index is -1.97. The Morgan fingerprint density at radius 3 is 2.71 bits per heavy atom.